The summed E-state index contributed by atoms with van der Waals surface area (Å²) >= 11 is 0. The van der Waals surface area contributed by atoms with Gasteiger partial charge >= 0.3 is 0 Å². The molecule has 0 aliphatic rings. The van der Waals surface area contributed by atoms with Gasteiger partial charge in [0.05, 0.1) is 0 Å². The van der Waals surface area contributed by atoms with Gasteiger partial charge in [0.2, 0.25) is 6.54 Å². The van der Waals surface area contributed by atoms with Crippen LogP contribution >= 0.6 is 0 Å². The molecule has 0 rings (SSSR count). The lowest BCUT2D eigenvalue weighted by Crippen LogP contribution is -2.01. The predicted octanol–water partition coefficient (Wildman–Crippen LogP) is 2.04. The van der Waals surface area contributed by atoms with Gasteiger partial charge in [-0.1, -0.05) is 13.3 Å². The van der Waals surface area contributed by atoms with Gasteiger partial charge in [-0.25, -0.2) is 11.0 Å². The maximum atomic E-state index is 12.2. The third kappa shape index (κ3) is 3.60. The van der Waals surface area contributed by atoms with Crippen LogP contribution in [-0.4, -0.2) is 12.7 Å². The van der Waals surface area contributed by atoms with Gasteiger partial charge in [-0.15, -0.1) is 0 Å². The minimum atomic E-state index is -0.891. The van der Waals surface area contributed by atoms with E-state index in [1.807, 2.05) is 6.92 Å². The van der Waals surface area contributed by atoms with E-state index in [2.05, 4.69) is 4.85 Å². The number of hydrogen-bond donors (Lipinski definition) is 0. The van der Waals surface area contributed by atoms with Gasteiger partial charge in [0.25, 0.3) is 0 Å². The van der Waals surface area contributed by atoms with Crippen LogP contribution in [0.15, 0.2) is 0 Å². The predicted molar refractivity (Wildman–Crippen MR) is 31.3 cm³/mol. The van der Waals surface area contributed by atoms with Gasteiger partial charge in [-0.05, 0) is 6.42 Å². The summed E-state index contributed by atoms with van der Waals surface area (Å²) in [7, 11) is 0. The summed E-state index contributed by atoms with van der Waals surface area (Å²) < 4.78 is 12.2. The average Bonchev–Trinajstić information content (AvgIpc) is 1.68. The zero-order chi connectivity index (χ0) is 6.41. The summed E-state index contributed by atoms with van der Waals surface area (Å²) in [6, 6.07) is 0. The number of halogens is 1. The summed E-state index contributed by atoms with van der Waals surface area (Å²) in [5.41, 5.74) is 0. The first kappa shape index (κ1) is 7.42. The summed E-state index contributed by atoms with van der Waals surface area (Å²) in [5.74, 6) is 0. The molecule has 46 valence electrons. The van der Waals surface area contributed by atoms with Crippen LogP contribution in [0.25, 0.3) is 4.85 Å². The van der Waals surface area contributed by atoms with Crippen molar-refractivity contribution in [1.29, 1.82) is 0 Å². The molecular formula is C6H10FN. The van der Waals surface area contributed by atoms with Crippen LogP contribution in [0.3, 0.4) is 0 Å². The third-order valence-corrected chi connectivity index (χ3v) is 0.891. The zero-order valence-electron chi connectivity index (χ0n) is 5.02. The van der Waals surface area contributed by atoms with Crippen LogP contribution in [0.5, 0.6) is 0 Å². The fraction of sp³-hybridized carbons (Fsp3) is 0.833. The molecular weight excluding hydrogens is 105 g/mol. The van der Waals surface area contributed by atoms with Gasteiger partial charge in [-0.3, -0.25) is 0 Å². The molecule has 8 heavy (non-hydrogen) atoms. The average molecular weight is 115 g/mol. The molecule has 0 N–H and O–H groups in total. The quantitative estimate of drug-likeness (QED) is 0.496. The molecule has 0 spiro atoms. The number of alkyl halides is 1. The first-order valence-electron chi connectivity index (χ1n) is 2.78. The van der Waals surface area contributed by atoms with Crippen molar-refractivity contribution in [2.45, 2.75) is 25.9 Å². The Hall–Kier alpha value is -0.580. The molecule has 0 radical (unpaired) electrons. The van der Waals surface area contributed by atoms with Crippen LogP contribution in [0.2, 0.25) is 0 Å². The topological polar surface area (TPSA) is 4.36 Å². The summed E-state index contributed by atoms with van der Waals surface area (Å²) in [6.07, 6.45) is 0.469. The van der Waals surface area contributed by atoms with E-state index in [1.54, 1.807) is 0 Å². The molecule has 0 saturated carbocycles. The highest BCUT2D eigenvalue weighted by Gasteiger charge is 2.05. The normalized spacial score (nSPS) is 12.6. The van der Waals surface area contributed by atoms with Crippen molar-refractivity contribution in [1.82, 2.24) is 0 Å². The van der Waals surface area contributed by atoms with Crippen LogP contribution in [0.4, 0.5) is 4.39 Å². The number of hydrogen-bond acceptors (Lipinski definition) is 0. The highest BCUT2D eigenvalue weighted by Crippen LogP contribution is 2.00. The molecule has 0 heterocycles. The van der Waals surface area contributed by atoms with Crippen molar-refractivity contribution < 1.29 is 4.39 Å². The van der Waals surface area contributed by atoms with E-state index in [0.717, 1.165) is 6.42 Å². The molecule has 1 atom stereocenters. The standard InChI is InChI=1S/C6H10FN/c1-3-4-6(7)5-8-2/h6H,3-5H2,1H3. The maximum absolute atomic E-state index is 12.2. The van der Waals surface area contributed by atoms with Crippen molar-refractivity contribution in [2.24, 2.45) is 0 Å². The van der Waals surface area contributed by atoms with E-state index in [-0.39, 0.29) is 6.54 Å². The molecule has 0 aliphatic carbocycles. The molecule has 0 fully saturated rings. The van der Waals surface area contributed by atoms with Crippen molar-refractivity contribution in [3.63, 3.8) is 0 Å². The molecule has 0 saturated heterocycles. The van der Waals surface area contributed by atoms with Crippen molar-refractivity contribution in [3.05, 3.63) is 11.4 Å². The first-order valence-corrected chi connectivity index (χ1v) is 2.78. The lowest BCUT2D eigenvalue weighted by atomic mass is 10.2. The Morgan fingerprint density at radius 2 is 2.38 bits per heavy atom. The van der Waals surface area contributed by atoms with Gasteiger partial charge in [0.15, 0.2) is 6.17 Å². The molecule has 0 aromatic heterocycles. The van der Waals surface area contributed by atoms with Crippen molar-refractivity contribution in [2.75, 3.05) is 6.54 Å². The van der Waals surface area contributed by atoms with E-state index < -0.39 is 6.17 Å². The smallest absolute Gasteiger partial charge is 0.245 e. The molecule has 0 aromatic carbocycles. The molecule has 1 unspecified atom stereocenters. The molecule has 0 bridgehead atoms. The lowest BCUT2D eigenvalue weighted by molar-refractivity contribution is 0.333. The van der Waals surface area contributed by atoms with E-state index in [9.17, 15) is 4.39 Å². The van der Waals surface area contributed by atoms with E-state index in [4.69, 9.17) is 6.57 Å². The van der Waals surface area contributed by atoms with E-state index in [0.29, 0.717) is 6.42 Å². The van der Waals surface area contributed by atoms with Crippen LogP contribution in [0, 0.1) is 6.57 Å². The fourth-order valence-corrected chi connectivity index (χ4v) is 0.504. The molecule has 0 aliphatic heterocycles. The van der Waals surface area contributed by atoms with Crippen LogP contribution in [0.1, 0.15) is 19.8 Å². The molecule has 1 nitrogen and oxygen atoms in total. The van der Waals surface area contributed by atoms with Crippen molar-refractivity contribution >= 4 is 0 Å². The summed E-state index contributed by atoms with van der Waals surface area (Å²) in [4.78, 5) is 2.93. The second-order valence-electron chi connectivity index (χ2n) is 1.73. The number of rotatable bonds is 3. The molecule has 2 heteroatoms. The first-order chi connectivity index (χ1) is 3.81. The summed E-state index contributed by atoms with van der Waals surface area (Å²) in [6.45, 7) is 8.25. The lowest BCUT2D eigenvalue weighted by Gasteiger charge is -1.94. The Bertz CT molecular complexity index is 85.0. The Kier molecular flexibility index (Phi) is 4.24. The summed E-state index contributed by atoms with van der Waals surface area (Å²) in [5, 5.41) is 0. The Balaban J connectivity index is 3.08. The van der Waals surface area contributed by atoms with Crippen molar-refractivity contribution in [3.8, 4) is 0 Å². The van der Waals surface area contributed by atoms with Crippen LogP contribution in [-0.2, 0) is 0 Å². The Morgan fingerprint density at radius 1 is 1.75 bits per heavy atom. The molecule has 0 amide bonds. The third-order valence-electron chi connectivity index (χ3n) is 0.891. The van der Waals surface area contributed by atoms with Gasteiger partial charge in [-0.2, -0.15) is 0 Å². The largest absolute Gasteiger partial charge is 0.314 e. The second-order valence-corrected chi connectivity index (χ2v) is 1.73. The molecule has 0 aromatic rings. The van der Waals surface area contributed by atoms with Crippen LogP contribution < -0.4 is 0 Å². The van der Waals surface area contributed by atoms with Gasteiger partial charge in [0, 0.05) is 0 Å². The van der Waals surface area contributed by atoms with Gasteiger partial charge < -0.3 is 4.85 Å². The SMILES string of the molecule is [C-]#[N+]CC(F)CCC. The Labute approximate surface area is 49.3 Å². The van der Waals surface area contributed by atoms with E-state index in [1.165, 1.54) is 0 Å². The minimum Gasteiger partial charge on any atom is -0.314 e. The minimum absolute atomic E-state index is 0.0356. The maximum Gasteiger partial charge on any atom is 0.245 e. The highest BCUT2D eigenvalue weighted by atomic mass is 19.1. The second kappa shape index (κ2) is 4.58. The monoisotopic (exact) mass is 115 g/mol. The highest BCUT2D eigenvalue weighted by molar-refractivity contribution is 4.67. The fourth-order valence-electron chi connectivity index (χ4n) is 0.504. The van der Waals surface area contributed by atoms with Gasteiger partial charge in [0.1, 0.15) is 0 Å². The zero-order valence-corrected chi connectivity index (χ0v) is 5.02. The Morgan fingerprint density at radius 3 is 2.75 bits per heavy atom. The number of nitrogens with zero attached hydrogens (tertiary/aromatic N) is 1. The van der Waals surface area contributed by atoms with E-state index >= 15 is 0 Å².